The molecule has 1 aromatic heterocycles. The zero-order valence-corrected chi connectivity index (χ0v) is 11.6. The van der Waals surface area contributed by atoms with E-state index in [0.717, 1.165) is 16.8 Å². The van der Waals surface area contributed by atoms with Crippen molar-refractivity contribution in [2.24, 2.45) is 0 Å². The van der Waals surface area contributed by atoms with Crippen molar-refractivity contribution in [2.75, 3.05) is 11.9 Å². The summed E-state index contributed by atoms with van der Waals surface area (Å²) in [5.41, 5.74) is 0.325. The molecule has 1 heterocycles. The number of likely N-dealkylation sites (N-methyl/N-ethyl adjacent to an activating group) is 1. The Balaban J connectivity index is 2.16. The van der Waals surface area contributed by atoms with Gasteiger partial charge in [0, 0.05) is 0 Å². The van der Waals surface area contributed by atoms with E-state index >= 15 is 0 Å². The molecule has 0 fully saturated rings. The maximum atomic E-state index is 12.1. The molecule has 0 unspecified atom stereocenters. The summed E-state index contributed by atoms with van der Waals surface area (Å²) >= 11 is 1.49. The summed E-state index contributed by atoms with van der Waals surface area (Å²) in [7, 11) is 0. The number of aromatic nitrogens is 1. The van der Waals surface area contributed by atoms with E-state index in [4.69, 9.17) is 0 Å². The molecule has 0 spiro atoms. The number of thiazole rings is 1. The van der Waals surface area contributed by atoms with E-state index in [9.17, 15) is 4.79 Å². The first-order valence-corrected chi connectivity index (χ1v) is 6.76. The molecule has 1 amide bonds. The van der Waals surface area contributed by atoms with Gasteiger partial charge in [0.2, 0.25) is 5.91 Å². The highest BCUT2D eigenvalue weighted by Crippen LogP contribution is 2.25. The van der Waals surface area contributed by atoms with Gasteiger partial charge in [-0.1, -0.05) is 30.4 Å². The average molecular weight is 263 g/mol. The van der Waals surface area contributed by atoms with E-state index in [1.165, 1.54) is 11.3 Å². The molecular formula is C13H17N3OS. The summed E-state index contributed by atoms with van der Waals surface area (Å²) in [4.78, 5) is 16.5. The van der Waals surface area contributed by atoms with Crippen LogP contribution in [0.2, 0.25) is 0 Å². The fourth-order valence-electron chi connectivity index (χ4n) is 1.70. The van der Waals surface area contributed by atoms with Gasteiger partial charge in [-0.25, -0.2) is 4.98 Å². The minimum atomic E-state index is -0.591. The first kappa shape index (κ1) is 13.0. The maximum Gasteiger partial charge on any atom is 0.245 e. The van der Waals surface area contributed by atoms with Crippen molar-refractivity contribution in [3.8, 4) is 0 Å². The van der Waals surface area contributed by atoms with E-state index in [2.05, 4.69) is 15.6 Å². The fourth-order valence-corrected chi connectivity index (χ4v) is 2.56. The van der Waals surface area contributed by atoms with Crippen LogP contribution in [-0.2, 0) is 4.79 Å². The molecule has 18 heavy (non-hydrogen) atoms. The van der Waals surface area contributed by atoms with Gasteiger partial charge in [0.1, 0.15) is 0 Å². The lowest BCUT2D eigenvalue weighted by molar-refractivity contribution is -0.121. The lowest BCUT2D eigenvalue weighted by atomic mass is 10.1. The predicted octanol–water partition coefficient (Wildman–Crippen LogP) is 2.62. The third kappa shape index (κ3) is 2.68. The summed E-state index contributed by atoms with van der Waals surface area (Å²) in [5.74, 6) is -0.0663. The van der Waals surface area contributed by atoms with Gasteiger partial charge in [-0.15, -0.1) is 0 Å². The van der Waals surface area contributed by atoms with Crippen LogP contribution in [0, 0.1) is 0 Å². The first-order chi connectivity index (χ1) is 8.53. The molecule has 2 rings (SSSR count). The highest BCUT2D eigenvalue weighted by atomic mass is 32.1. The monoisotopic (exact) mass is 263 g/mol. The molecule has 4 nitrogen and oxygen atoms in total. The third-order valence-corrected chi connectivity index (χ3v) is 3.65. The lowest BCUT2D eigenvalue weighted by Gasteiger charge is -2.23. The Morgan fingerprint density at radius 3 is 2.78 bits per heavy atom. The molecule has 2 N–H and O–H groups in total. The van der Waals surface area contributed by atoms with E-state index in [-0.39, 0.29) is 5.91 Å². The van der Waals surface area contributed by atoms with Gasteiger partial charge in [-0.05, 0) is 32.5 Å². The van der Waals surface area contributed by atoms with Gasteiger partial charge in [0.25, 0.3) is 0 Å². The Morgan fingerprint density at radius 1 is 1.39 bits per heavy atom. The molecule has 2 aromatic rings. The van der Waals surface area contributed by atoms with Gasteiger partial charge in [-0.2, -0.15) is 0 Å². The molecule has 0 aliphatic rings. The summed E-state index contributed by atoms with van der Waals surface area (Å²) in [6, 6.07) is 7.85. The van der Waals surface area contributed by atoms with Crippen molar-refractivity contribution in [3.05, 3.63) is 24.3 Å². The molecule has 0 bridgehead atoms. The second kappa shape index (κ2) is 5.04. The third-order valence-electron chi connectivity index (χ3n) is 2.70. The number of carbonyl (C=O) groups excluding carboxylic acids is 1. The van der Waals surface area contributed by atoms with Gasteiger partial charge in [0.15, 0.2) is 5.13 Å². The quantitative estimate of drug-likeness (QED) is 0.891. The number of para-hydroxylation sites is 1. The second-order valence-electron chi connectivity index (χ2n) is 4.60. The van der Waals surface area contributed by atoms with Crippen LogP contribution in [0.1, 0.15) is 20.8 Å². The van der Waals surface area contributed by atoms with Gasteiger partial charge in [-0.3, -0.25) is 4.79 Å². The number of carbonyl (C=O) groups is 1. The topological polar surface area (TPSA) is 54.0 Å². The van der Waals surface area contributed by atoms with E-state index in [0.29, 0.717) is 5.13 Å². The van der Waals surface area contributed by atoms with Crippen molar-refractivity contribution < 1.29 is 4.79 Å². The van der Waals surface area contributed by atoms with Crippen LogP contribution in [0.25, 0.3) is 10.2 Å². The van der Waals surface area contributed by atoms with Gasteiger partial charge < -0.3 is 10.6 Å². The molecule has 0 saturated heterocycles. The van der Waals surface area contributed by atoms with Crippen molar-refractivity contribution in [3.63, 3.8) is 0 Å². The smallest absolute Gasteiger partial charge is 0.245 e. The van der Waals surface area contributed by atoms with Crippen LogP contribution in [0.5, 0.6) is 0 Å². The molecule has 0 radical (unpaired) electrons. The molecule has 0 aliphatic carbocycles. The maximum absolute atomic E-state index is 12.1. The molecule has 0 atom stereocenters. The largest absolute Gasteiger partial charge is 0.304 e. The number of fused-ring (bicyclic) bond motifs is 1. The van der Waals surface area contributed by atoms with E-state index in [1.54, 1.807) is 0 Å². The Hall–Kier alpha value is -1.46. The number of hydrogen-bond donors (Lipinski definition) is 2. The van der Waals surface area contributed by atoms with E-state index in [1.807, 2.05) is 45.0 Å². The normalized spacial score (nSPS) is 11.7. The molecule has 1 aromatic carbocycles. The number of hydrogen-bond acceptors (Lipinski definition) is 4. The van der Waals surface area contributed by atoms with Crippen LogP contribution in [0.15, 0.2) is 24.3 Å². The van der Waals surface area contributed by atoms with Crippen molar-refractivity contribution in [2.45, 2.75) is 26.3 Å². The Kier molecular flexibility index (Phi) is 3.63. The van der Waals surface area contributed by atoms with Gasteiger partial charge >= 0.3 is 0 Å². The molecule has 0 saturated carbocycles. The number of nitrogens with one attached hydrogen (secondary N) is 2. The number of rotatable bonds is 4. The number of benzene rings is 1. The fraction of sp³-hybridized carbons (Fsp3) is 0.385. The summed E-state index contributed by atoms with van der Waals surface area (Å²) < 4.78 is 1.08. The number of amides is 1. The second-order valence-corrected chi connectivity index (χ2v) is 5.63. The predicted molar refractivity (Wildman–Crippen MR) is 76.0 cm³/mol. The van der Waals surface area contributed by atoms with Crippen LogP contribution >= 0.6 is 11.3 Å². The van der Waals surface area contributed by atoms with Crippen molar-refractivity contribution in [1.82, 2.24) is 10.3 Å². The molecule has 5 heteroatoms. The Morgan fingerprint density at radius 2 is 2.11 bits per heavy atom. The average Bonchev–Trinajstić information content (AvgIpc) is 2.70. The zero-order chi connectivity index (χ0) is 13.2. The molecule has 0 aliphatic heterocycles. The van der Waals surface area contributed by atoms with Gasteiger partial charge in [0.05, 0.1) is 15.8 Å². The Bertz CT molecular complexity index is 529. The standard InChI is InChI=1S/C13H17N3OS/c1-4-14-13(2,3)11(17)16-12-15-9-7-5-6-8-10(9)18-12/h5-8,14H,4H2,1-3H3,(H,15,16,17). The minimum absolute atomic E-state index is 0.0663. The number of nitrogens with zero attached hydrogens (tertiary/aromatic N) is 1. The molecule has 96 valence electrons. The zero-order valence-electron chi connectivity index (χ0n) is 10.8. The first-order valence-electron chi connectivity index (χ1n) is 5.95. The van der Waals surface area contributed by atoms with Crippen LogP contribution in [0.4, 0.5) is 5.13 Å². The lowest BCUT2D eigenvalue weighted by Crippen LogP contribution is -2.49. The summed E-state index contributed by atoms with van der Waals surface area (Å²) in [6.07, 6.45) is 0. The molecular weight excluding hydrogens is 246 g/mol. The van der Waals surface area contributed by atoms with Crippen LogP contribution in [0.3, 0.4) is 0 Å². The highest BCUT2D eigenvalue weighted by Gasteiger charge is 2.26. The number of anilines is 1. The summed E-state index contributed by atoms with van der Waals surface area (Å²) in [6.45, 7) is 6.45. The van der Waals surface area contributed by atoms with Crippen LogP contribution < -0.4 is 10.6 Å². The SMILES string of the molecule is CCNC(C)(C)C(=O)Nc1nc2ccccc2s1. The van der Waals surface area contributed by atoms with E-state index < -0.39 is 5.54 Å². The Labute approximate surface area is 110 Å². The van der Waals surface area contributed by atoms with Crippen molar-refractivity contribution >= 4 is 32.6 Å². The minimum Gasteiger partial charge on any atom is -0.304 e. The summed E-state index contributed by atoms with van der Waals surface area (Å²) in [5, 5.41) is 6.65. The van der Waals surface area contributed by atoms with Crippen molar-refractivity contribution in [1.29, 1.82) is 0 Å². The van der Waals surface area contributed by atoms with Crippen LogP contribution in [-0.4, -0.2) is 23.0 Å². The highest BCUT2D eigenvalue weighted by molar-refractivity contribution is 7.22.